The number of nitrogens with zero attached hydrogens (tertiary/aromatic N) is 6. The third-order valence-electron chi connectivity index (χ3n) is 6.62. The van der Waals surface area contributed by atoms with E-state index in [1.807, 2.05) is 47.7 Å². The highest BCUT2D eigenvalue weighted by Gasteiger charge is 2.17. The monoisotopic (exact) mass is 457 g/mol. The normalized spacial score (nSPS) is 14.0. The molecular weight excluding hydrogens is 426 g/mol. The van der Waals surface area contributed by atoms with E-state index in [2.05, 4.69) is 45.5 Å². The van der Waals surface area contributed by atoms with Crippen molar-refractivity contribution in [3.8, 4) is 11.1 Å². The summed E-state index contributed by atoms with van der Waals surface area (Å²) < 4.78 is 7.78. The minimum atomic E-state index is 0.446. The molecule has 0 amide bonds. The topological polar surface area (TPSA) is 90.6 Å². The number of fused-ring (bicyclic) bond motifs is 1. The quantitative estimate of drug-likeness (QED) is 0.336. The lowest BCUT2D eigenvalue weighted by Gasteiger charge is -2.25. The molecule has 0 unspecified atom stereocenters. The summed E-state index contributed by atoms with van der Waals surface area (Å²) in [5, 5.41) is 16.2. The maximum Gasteiger partial charge on any atom is 0.154 e. The Labute approximate surface area is 199 Å². The summed E-state index contributed by atoms with van der Waals surface area (Å²) in [5.41, 5.74) is 4.85. The van der Waals surface area contributed by atoms with Gasteiger partial charge in [0.25, 0.3) is 0 Å². The maximum atomic E-state index is 5.85. The fourth-order valence-corrected chi connectivity index (χ4v) is 4.28. The Hall–Kier alpha value is -3.39. The van der Waals surface area contributed by atoms with Crippen LogP contribution in [0.5, 0.6) is 0 Å². The van der Waals surface area contributed by atoms with Gasteiger partial charge in [0.1, 0.15) is 5.82 Å². The van der Waals surface area contributed by atoms with E-state index in [-0.39, 0.29) is 0 Å². The zero-order chi connectivity index (χ0) is 23.3. The summed E-state index contributed by atoms with van der Waals surface area (Å²) in [6.45, 7) is 5.84. The first-order valence-electron chi connectivity index (χ1n) is 12.2. The van der Waals surface area contributed by atoms with E-state index >= 15 is 0 Å². The summed E-state index contributed by atoms with van der Waals surface area (Å²) in [4.78, 5) is 9.37. The molecule has 0 bridgehead atoms. The standard InChI is InChI=1S/C26H31N7O/c1-3-18(4-2)20-13-26(32-28-15-20)31-25-9-8-23-24(30-25)12-19(14-27-23)21-16-29-33(17-21)10-11-34-22-6-5-7-22/h8-9,12-18,22H,3-7,10-11H2,1-2H3,(H,30,31,32). The molecule has 34 heavy (non-hydrogen) atoms. The van der Waals surface area contributed by atoms with Gasteiger partial charge in [-0.1, -0.05) is 13.8 Å². The lowest BCUT2D eigenvalue weighted by molar-refractivity contribution is -0.00234. The Morgan fingerprint density at radius 2 is 1.91 bits per heavy atom. The molecular formula is C26H31N7O. The number of anilines is 2. The SMILES string of the molecule is CCC(CC)c1cnnc(Nc2ccc3ncc(-c4cnn(CCOC5CCC5)c4)cc3n2)c1. The van der Waals surface area contributed by atoms with E-state index in [4.69, 9.17) is 9.72 Å². The molecule has 1 fully saturated rings. The fraction of sp³-hybridized carbons (Fsp3) is 0.423. The Morgan fingerprint density at radius 1 is 1.03 bits per heavy atom. The summed E-state index contributed by atoms with van der Waals surface area (Å²) in [6, 6.07) is 7.99. The highest BCUT2D eigenvalue weighted by atomic mass is 16.5. The van der Waals surface area contributed by atoms with E-state index in [1.165, 1.54) is 24.8 Å². The van der Waals surface area contributed by atoms with Crippen LogP contribution in [0.25, 0.3) is 22.2 Å². The molecule has 5 rings (SSSR count). The van der Waals surface area contributed by atoms with Crippen LogP contribution in [0.3, 0.4) is 0 Å². The zero-order valence-electron chi connectivity index (χ0n) is 19.8. The van der Waals surface area contributed by atoms with Crippen LogP contribution in [-0.4, -0.2) is 42.7 Å². The lowest BCUT2D eigenvalue weighted by atomic mass is 9.96. The molecule has 176 valence electrons. The van der Waals surface area contributed by atoms with Gasteiger partial charge in [0, 0.05) is 23.5 Å². The number of pyridine rings is 2. The number of hydrogen-bond donors (Lipinski definition) is 1. The van der Waals surface area contributed by atoms with Crippen LogP contribution in [0.4, 0.5) is 11.6 Å². The van der Waals surface area contributed by atoms with Crippen molar-refractivity contribution in [1.82, 2.24) is 29.9 Å². The van der Waals surface area contributed by atoms with Crippen LogP contribution in [-0.2, 0) is 11.3 Å². The van der Waals surface area contributed by atoms with Crippen molar-refractivity contribution in [2.75, 3.05) is 11.9 Å². The first-order chi connectivity index (χ1) is 16.7. The molecule has 1 saturated carbocycles. The Bertz CT molecular complexity index is 1250. The van der Waals surface area contributed by atoms with Gasteiger partial charge in [-0.2, -0.15) is 10.2 Å². The van der Waals surface area contributed by atoms with Crippen molar-refractivity contribution in [2.24, 2.45) is 0 Å². The average molecular weight is 458 g/mol. The third-order valence-corrected chi connectivity index (χ3v) is 6.62. The predicted octanol–water partition coefficient (Wildman–Crippen LogP) is 5.50. The third kappa shape index (κ3) is 5.07. The van der Waals surface area contributed by atoms with Gasteiger partial charge >= 0.3 is 0 Å². The molecule has 0 aromatic carbocycles. The predicted molar refractivity (Wildman–Crippen MR) is 133 cm³/mol. The van der Waals surface area contributed by atoms with Crippen LogP contribution < -0.4 is 5.32 Å². The van der Waals surface area contributed by atoms with Crippen molar-refractivity contribution < 1.29 is 4.74 Å². The molecule has 8 nitrogen and oxygen atoms in total. The van der Waals surface area contributed by atoms with Gasteiger partial charge in [0.15, 0.2) is 5.82 Å². The van der Waals surface area contributed by atoms with Gasteiger partial charge in [-0.3, -0.25) is 9.67 Å². The van der Waals surface area contributed by atoms with Gasteiger partial charge in [0.2, 0.25) is 0 Å². The van der Waals surface area contributed by atoms with Gasteiger partial charge in [-0.15, -0.1) is 5.10 Å². The largest absolute Gasteiger partial charge is 0.376 e. The van der Waals surface area contributed by atoms with Crippen molar-refractivity contribution in [2.45, 2.75) is 64.5 Å². The number of hydrogen-bond acceptors (Lipinski definition) is 7. The summed E-state index contributed by atoms with van der Waals surface area (Å²) in [6.07, 6.45) is 13.9. The number of ether oxygens (including phenoxy) is 1. The summed E-state index contributed by atoms with van der Waals surface area (Å²) >= 11 is 0. The Morgan fingerprint density at radius 3 is 2.71 bits per heavy atom. The Balaban J connectivity index is 1.30. The van der Waals surface area contributed by atoms with Gasteiger partial charge < -0.3 is 10.1 Å². The number of rotatable bonds is 10. The molecule has 0 spiro atoms. The molecule has 0 atom stereocenters. The smallest absolute Gasteiger partial charge is 0.154 e. The molecule has 4 aromatic heterocycles. The van der Waals surface area contributed by atoms with Gasteiger partial charge in [-0.05, 0) is 67.9 Å². The van der Waals surface area contributed by atoms with Crippen LogP contribution in [0.2, 0.25) is 0 Å². The molecule has 1 aliphatic rings. The molecule has 0 aliphatic heterocycles. The first kappa shape index (κ1) is 22.4. The fourth-order valence-electron chi connectivity index (χ4n) is 4.28. The molecule has 0 radical (unpaired) electrons. The van der Waals surface area contributed by atoms with Crippen LogP contribution >= 0.6 is 0 Å². The first-order valence-corrected chi connectivity index (χ1v) is 12.2. The number of nitrogens with one attached hydrogen (secondary N) is 1. The maximum absolute atomic E-state index is 5.85. The molecule has 4 aromatic rings. The lowest BCUT2D eigenvalue weighted by Crippen LogP contribution is -2.23. The molecule has 1 aliphatic carbocycles. The second kappa shape index (κ2) is 10.3. The average Bonchev–Trinajstić information content (AvgIpc) is 3.30. The van der Waals surface area contributed by atoms with E-state index < -0.39 is 0 Å². The Kier molecular flexibility index (Phi) is 6.76. The zero-order valence-corrected chi connectivity index (χ0v) is 19.8. The van der Waals surface area contributed by atoms with Gasteiger partial charge in [0.05, 0.1) is 42.7 Å². The highest BCUT2D eigenvalue weighted by molar-refractivity contribution is 5.81. The minimum absolute atomic E-state index is 0.446. The molecule has 8 heteroatoms. The van der Waals surface area contributed by atoms with Crippen molar-refractivity contribution in [3.05, 3.63) is 54.6 Å². The van der Waals surface area contributed by atoms with E-state index in [9.17, 15) is 0 Å². The highest BCUT2D eigenvalue weighted by Crippen LogP contribution is 2.26. The molecule has 4 heterocycles. The van der Waals surface area contributed by atoms with E-state index in [0.29, 0.717) is 30.3 Å². The van der Waals surface area contributed by atoms with Crippen molar-refractivity contribution in [1.29, 1.82) is 0 Å². The van der Waals surface area contributed by atoms with Crippen LogP contribution in [0.15, 0.2) is 49.1 Å². The summed E-state index contributed by atoms with van der Waals surface area (Å²) in [5.74, 6) is 1.90. The van der Waals surface area contributed by atoms with E-state index in [1.54, 1.807) is 0 Å². The second-order valence-corrected chi connectivity index (χ2v) is 8.89. The molecule has 1 N–H and O–H groups in total. The summed E-state index contributed by atoms with van der Waals surface area (Å²) in [7, 11) is 0. The number of aromatic nitrogens is 6. The van der Waals surface area contributed by atoms with Crippen LogP contribution in [0, 0.1) is 0 Å². The van der Waals surface area contributed by atoms with Crippen LogP contribution in [0.1, 0.15) is 57.4 Å². The molecule has 0 saturated heterocycles. The van der Waals surface area contributed by atoms with Gasteiger partial charge in [-0.25, -0.2) is 4.98 Å². The van der Waals surface area contributed by atoms with Crippen molar-refractivity contribution >= 4 is 22.7 Å². The second-order valence-electron chi connectivity index (χ2n) is 8.89. The van der Waals surface area contributed by atoms with Crippen molar-refractivity contribution in [3.63, 3.8) is 0 Å². The van der Waals surface area contributed by atoms with E-state index in [0.717, 1.165) is 41.5 Å². The minimum Gasteiger partial charge on any atom is -0.376 e.